The first-order valence-corrected chi connectivity index (χ1v) is 12.5. The smallest absolute Gasteiger partial charge is 0.396 e. The molecule has 0 saturated carbocycles. The molecule has 0 spiro atoms. The van der Waals surface area contributed by atoms with Gasteiger partial charge in [0, 0.05) is 19.4 Å². The van der Waals surface area contributed by atoms with E-state index in [9.17, 15) is 13.2 Å². The van der Waals surface area contributed by atoms with Gasteiger partial charge >= 0.3 is 10.4 Å². The van der Waals surface area contributed by atoms with E-state index in [1.54, 1.807) is 0 Å². The molecule has 0 aromatic carbocycles. The summed E-state index contributed by atoms with van der Waals surface area (Å²) in [5.41, 5.74) is 0. The number of ketones is 1. The van der Waals surface area contributed by atoms with E-state index in [4.69, 9.17) is 9.66 Å². The highest BCUT2D eigenvalue weighted by molar-refractivity contribution is 7.80. The topological polar surface area (TPSA) is 101 Å². The van der Waals surface area contributed by atoms with Crippen LogP contribution in [0.2, 0.25) is 0 Å². The highest BCUT2D eigenvalue weighted by Gasteiger charge is 2.18. The maximum absolute atomic E-state index is 11.9. The summed E-state index contributed by atoms with van der Waals surface area (Å²) in [6.45, 7) is 1.99. The summed E-state index contributed by atoms with van der Waals surface area (Å²) in [6.07, 6.45) is 16.5. The van der Waals surface area contributed by atoms with Crippen molar-refractivity contribution in [3.05, 3.63) is 0 Å². The molecule has 1 atom stereocenters. The fraction of sp³-hybridized carbons (Fsp3) is 0.952. The molecule has 0 rings (SSSR count). The Labute approximate surface area is 172 Å². The Morgan fingerprint density at radius 3 is 1.68 bits per heavy atom. The van der Waals surface area contributed by atoms with E-state index in [0.717, 1.165) is 19.3 Å². The molecular weight excluding hydrogens is 380 g/mol. The van der Waals surface area contributed by atoms with Crippen LogP contribution in [0.15, 0.2) is 0 Å². The van der Waals surface area contributed by atoms with Crippen molar-refractivity contribution in [2.75, 3.05) is 6.61 Å². The molecule has 0 heterocycles. The van der Waals surface area contributed by atoms with Gasteiger partial charge in [0.1, 0.15) is 5.78 Å². The van der Waals surface area contributed by atoms with Crippen LogP contribution in [0.4, 0.5) is 0 Å². The van der Waals surface area contributed by atoms with E-state index in [2.05, 4.69) is 11.1 Å². The number of hydrogen-bond donors (Lipinski definition) is 2. The van der Waals surface area contributed by atoms with Crippen LogP contribution in [0.3, 0.4) is 0 Å². The third-order valence-corrected chi connectivity index (χ3v) is 5.53. The van der Waals surface area contributed by atoms with Crippen LogP contribution in [-0.4, -0.2) is 36.6 Å². The Morgan fingerprint density at radius 2 is 1.25 bits per heavy atom. The number of aliphatic hydroxyl groups excluding tert-OH is 1. The van der Waals surface area contributed by atoms with Gasteiger partial charge in [0.05, 0.1) is 6.10 Å². The fourth-order valence-corrected chi connectivity index (χ4v) is 3.88. The summed E-state index contributed by atoms with van der Waals surface area (Å²) < 4.78 is 34.6. The van der Waals surface area contributed by atoms with Crippen molar-refractivity contribution in [1.29, 1.82) is 0 Å². The highest BCUT2D eigenvalue weighted by Crippen LogP contribution is 2.15. The standard InChI is InChI=1S/C21H42O6S/c1-2-3-4-5-6-7-8-9-10-11-12-13-14-15-20(23)16-17-21(18-19-22)27-28(24,25)26/h21-22H,2-19H2,1H3,(H,24,25,26). The average molecular weight is 423 g/mol. The van der Waals surface area contributed by atoms with Crippen LogP contribution in [0.25, 0.3) is 0 Å². The number of unbranched alkanes of at least 4 members (excludes halogenated alkanes) is 12. The van der Waals surface area contributed by atoms with Crippen molar-refractivity contribution in [2.24, 2.45) is 0 Å². The second-order valence-corrected chi connectivity index (χ2v) is 8.78. The van der Waals surface area contributed by atoms with Crippen molar-refractivity contribution >= 4 is 16.2 Å². The molecule has 0 bridgehead atoms. The highest BCUT2D eigenvalue weighted by atomic mass is 32.3. The first-order valence-electron chi connectivity index (χ1n) is 11.2. The zero-order chi connectivity index (χ0) is 21.1. The van der Waals surface area contributed by atoms with Gasteiger partial charge in [-0.2, -0.15) is 8.42 Å². The van der Waals surface area contributed by atoms with E-state index in [-0.39, 0.29) is 31.7 Å². The Kier molecular flexibility index (Phi) is 18.2. The Bertz CT molecular complexity index is 464. The van der Waals surface area contributed by atoms with Gasteiger partial charge in [-0.1, -0.05) is 84.0 Å². The molecule has 7 heteroatoms. The van der Waals surface area contributed by atoms with E-state index < -0.39 is 16.5 Å². The van der Waals surface area contributed by atoms with Gasteiger partial charge in [0.2, 0.25) is 0 Å². The SMILES string of the molecule is CCCCCCCCCCCCCCCC(=O)CCC(CCO)OS(=O)(=O)O. The van der Waals surface area contributed by atoms with Crippen molar-refractivity contribution in [1.82, 2.24) is 0 Å². The zero-order valence-electron chi connectivity index (χ0n) is 17.7. The van der Waals surface area contributed by atoms with Crippen LogP contribution >= 0.6 is 0 Å². The monoisotopic (exact) mass is 422 g/mol. The summed E-state index contributed by atoms with van der Waals surface area (Å²) in [6, 6.07) is 0. The predicted octanol–water partition coefficient (Wildman–Crippen LogP) is 5.39. The van der Waals surface area contributed by atoms with Gasteiger partial charge < -0.3 is 5.11 Å². The maximum Gasteiger partial charge on any atom is 0.397 e. The lowest BCUT2D eigenvalue weighted by molar-refractivity contribution is -0.119. The minimum atomic E-state index is -4.56. The molecule has 0 aromatic heterocycles. The molecule has 0 amide bonds. The molecule has 0 aliphatic heterocycles. The predicted molar refractivity (Wildman–Crippen MR) is 113 cm³/mol. The molecule has 0 radical (unpaired) electrons. The van der Waals surface area contributed by atoms with Gasteiger partial charge in [-0.05, 0) is 19.3 Å². The largest absolute Gasteiger partial charge is 0.397 e. The third-order valence-electron chi connectivity index (χ3n) is 5.01. The van der Waals surface area contributed by atoms with Crippen molar-refractivity contribution in [3.63, 3.8) is 0 Å². The first-order chi connectivity index (χ1) is 13.4. The fourth-order valence-electron chi connectivity index (χ4n) is 3.34. The molecule has 0 aliphatic carbocycles. The summed E-state index contributed by atoms with van der Waals surface area (Å²) >= 11 is 0. The van der Waals surface area contributed by atoms with Gasteiger partial charge in [-0.15, -0.1) is 0 Å². The second-order valence-electron chi connectivity index (χ2n) is 7.73. The van der Waals surface area contributed by atoms with Gasteiger partial charge in [-0.3, -0.25) is 9.35 Å². The molecule has 0 aliphatic rings. The van der Waals surface area contributed by atoms with E-state index in [0.29, 0.717) is 6.42 Å². The number of carbonyl (C=O) groups is 1. The lowest BCUT2D eigenvalue weighted by Gasteiger charge is -2.13. The van der Waals surface area contributed by atoms with Crippen molar-refractivity contribution in [2.45, 2.75) is 122 Å². The quantitative estimate of drug-likeness (QED) is 0.190. The Balaban J connectivity index is 3.51. The minimum Gasteiger partial charge on any atom is -0.396 e. The minimum absolute atomic E-state index is 0.0740. The molecule has 6 nitrogen and oxygen atoms in total. The Hall–Kier alpha value is -0.500. The lowest BCUT2D eigenvalue weighted by Crippen LogP contribution is -2.20. The van der Waals surface area contributed by atoms with Crippen LogP contribution < -0.4 is 0 Å². The van der Waals surface area contributed by atoms with E-state index in [1.165, 1.54) is 64.2 Å². The Morgan fingerprint density at radius 1 is 0.786 bits per heavy atom. The molecule has 0 aromatic rings. The van der Waals surface area contributed by atoms with E-state index in [1.807, 2.05) is 0 Å². The average Bonchev–Trinajstić information content (AvgIpc) is 2.62. The lowest BCUT2D eigenvalue weighted by atomic mass is 10.0. The normalized spacial score (nSPS) is 13.0. The van der Waals surface area contributed by atoms with Crippen molar-refractivity contribution < 1.29 is 27.1 Å². The van der Waals surface area contributed by atoms with Crippen LogP contribution in [0, 0.1) is 0 Å². The molecule has 2 N–H and O–H groups in total. The number of Topliss-reactive ketones (excluding diaryl/α,β-unsaturated/α-hetero) is 1. The molecule has 1 unspecified atom stereocenters. The van der Waals surface area contributed by atoms with Gasteiger partial charge in [0.25, 0.3) is 0 Å². The summed E-state index contributed by atoms with van der Waals surface area (Å²) in [5, 5.41) is 8.89. The molecule has 0 fully saturated rings. The van der Waals surface area contributed by atoms with Crippen LogP contribution in [0.1, 0.15) is 116 Å². The van der Waals surface area contributed by atoms with Crippen LogP contribution in [-0.2, 0) is 19.4 Å². The van der Waals surface area contributed by atoms with Gasteiger partial charge in [-0.25, -0.2) is 4.18 Å². The number of hydrogen-bond acceptors (Lipinski definition) is 5. The van der Waals surface area contributed by atoms with Crippen molar-refractivity contribution in [3.8, 4) is 0 Å². The molecular formula is C21H42O6S. The van der Waals surface area contributed by atoms with Crippen LogP contribution in [0.5, 0.6) is 0 Å². The maximum atomic E-state index is 11.9. The number of aliphatic hydroxyl groups is 1. The molecule has 0 saturated heterocycles. The summed E-state index contributed by atoms with van der Waals surface area (Å²) in [5.74, 6) is 0.0740. The molecule has 28 heavy (non-hydrogen) atoms. The zero-order valence-corrected chi connectivity index (χ0v) is 18.6. The number of carbonyl (C=O) groups excluding carboxylic acids is 1. The third kappa shape index (κ3) is 20.2. The number of rotatable bonds is 21. The van der Waals surface area contributed by atoms with E-state index >= 15 is 0 Å². The van der Waals surface area contributed by atoms with Gasteiger partial charge in [0.15, 0.2) is 0 Å². The summed E-state index contributed by atoms with van der Waals surface area (Å²) in [4.78, 5) is 11.9. The summed E-state index contributed by atoms with van der Waals surface area (Å²) in [7, 11) is -4.56. The molecule has 168 valence electrons. The first kappa shape index (κ1) is 27.5. The second kappa shape index (κ2) is 18.5.